The van der Waals surface area contributed by atoms with Crippen LogP contribution in [0.5, 0.6) is 0 Å². The second-order valence-electron chi connectivity index (χ2n) is 16.6. The number of aliphatic hydroxyl groups excluding tert-OH is 1. The molecule has 0 saturated carbocycles. The van der Waals surface area contributed by atoms with Crippen LogP contribution in [0.3, 0.4) is 0 Å². The molecule has 308 valence electrons. The molecule has 3 fully saturated rings. The molecule has 56 heavy (non-hydrogen) atoms. The maximum Gasteiger partial charge on any atom is 0.408 e. The Labute approximate surface area is 330 Å². The summed E-state index contributed by atoms with van der Waals surface area (Å²) in [6.07, 6.45) is 3.25. The summed E-state index contributed by atoms with van der Waals surface area (Å²) in [5.74, 6) is -5.13. The lowest BCUT2D eigenvalue weighted by Crippen LogP contribution is -2.60. The van der Waals surface area contributed by atoms with Gasteiger partial charge in [0.15, 0.2) is 17.7 Å². The van der Waals surface area contributed by atoms with Crippen molar-refractivity contribution >= 4 is 40.7 Å². The zero-order valence-corrected chi connectivity index (χ0v) is 34.4. The summed E-state index contributed by atoms with van der Waals surface area (Å²) in [6.45, 7) is 14.0. The van der Waals surface area contributed by atoms with Crippen molar-refractivity contribution < 1.29 is 48.0 Å². The summed E-state index contributed by atoms with van der Waals surface area (Å²) in [5.41, 5.74) is -0.375. The largest absolute Gasteiger partial charge is 0.457 e. The lowest BCUT2D eigenvalue weighted by Gasteiger charge is -2.47. The van der Waals surface area contributed by atoms with Crippen molar-refractivity contribution in [3.63, 3.8) is 0 Å². The lowest BCUT2D eigenvalue weighted by molar-refractivity contribution is -0.296. The van der Waals surface area contributed by atoms with Gasteiger partial charge >= 0.3 is 12.1 Å². The van der Waals surface area contributed by atoms with Gasteiger partial charge in [0.25, 0.3) is 0 Å². The van der Waals surface area contributed by atoms with Crippen molar-refractivity contribution in [2.45, 2.75) is 135 Å². The Morgan fingerprint density at radius 3 is 2.38 bits per heavy atom. The number of likely N-dealkylation sites (N-methyl/N-ethyl adjacent to an activating group) is 1. The van der Waals surface area contributed by atoms with Crippen LogP contribution >= 0.6 is 0 Å². The van der Waals surface area contributed by atoms with Gasteiger partial charge in [0.05, 0.1) is 41.5 Å². The summed E-state index contributed by atoms with van der Waals surface area (Å²) >= 11 is 0. The van der Waals surface area contributed by atoms with Gasteiger partial charge in [-0.1, -0.05) is 52.3 Å². The van der Waals surface area contributed by atoms with Crippen LogP contribution in [0.4, 0.5) is 4.79 Å². The number of alkyl carbamates (subject to hydrolysis) is 1. The number of carbonyl (C=O) groups is 4. The zero-order valence-electron chi connectivity index (χ0n) is 34.4. The molecule has 3 aliphatic heterocycles. The highest BCUT2D eigenvalue weighted by atomic mass is 16.7. The minimum Gasteiger partial charge on any atom is -0.457 e. The van der Waals surface area contributed by atoms with Gasteiger partial charge in [-0.15, -0.1) is 0 Å². The third-order valence-electron chi connectivity index (χ3n) is 12.0. The molecule has 1 aromatic carbocycles. The molecule has 0 spiro atoms. The quantitative estimate of drug-likeness (QED) is 0.260. The predicted octanol–water partition coefficient (Wildman–Crippen LogP) is 4.89. The Hall–Kier alpha value is -3.82. The predicted molar refractivity (Wildman–Crippen MR) is 208 cm³/mol. The van der Waals surface area contributed by atoms with Gasteiger partial charge in [0.2, 0.25) is 0 Å². The second-order valence-corrected chi connectivity index (χ2v) is 16.6. The first-order valence-corrected chi connectivity index (χ1v) is 19.8. The van der Waals surface area contributed by atoms with Gasteiger partial charge in [-0.2, -0.15) is 0 Å². The molecule has 2 aromatic rings. The monoisotopic (exact) mass is 780 g/mol. The molecule has 1 amide bonds. The average molecular weight is 781 g/mol. The third-order valence-corrected chi connectivity index (χ3v) is 12.0. The number of hydrogen-bond acceptors (Lipinski definition) is 13. The fraction of sp³-hybridized carbons (Fsp3) is 0.667. The molecular formula is C42H60N4O10. The van der Waals surface area contributed by atoms with E-state index in [2.05, 4.69) is 15.3 Å². The highest BCUT2D eigenvalue weighted by molar-refractivity contribution is 6.00. The normalized spacial score (nSPS) is 37.6. The molecule has 13 atom stereocenters. The zero-order chi connectivity index (χ0) is 41.1. The maximum atomic E-state index is 14.5. The van der Waals surface area contributed by atoms with Crippen LogP contribution in [-0.2, 0) is 38.1 Å². The summed E-state index contributed by atoms with van der Waals surface area (Å²) in [4.78, 5) is 66.3. The molecule has 1 aromatic heterocycles. The van der Waals surface area contributed by atoms with Gasteiger partial charge in [0.1, 0.15) is 23.9 Å². The van der Waals surface area contributed by atoms with Gasteiger partial charge in [-0.25, -0.2) is 4.79 Å². The Bertz CT molecular complexity index is 1770. The molecule has 2 N–H and O–H groups in total. The van der Waals surface area contributed by atoms with E-state index in [-0.39, 0.29) is 31.0 Å². The van der Waals surface area contributed by atoms with Crippen molar-refractivity contribution in [2.75, 3.05) is 20.7 Å². The van der Waals surface area contributed by atoms with Crippen molar-refractivity contribution in [2.24, 2.45) is 23.7 Å². The number of aromatic nitrogens is 2. The number of esters is 1. The van der Waals surface area contributed by atoms with E-state index in [0.29, 0.717) is 19.3 Å². The minimum atomic E-state index is -1.38. The minimum absolute atomic E-state index is 0.0535. The van der Waals surface area contributed by atoms with Crippen LogP contribution < -0.4 is 5.32 Å². The summed E-state index contributed by atoms with van der Waals surface area (Å²) in [5, 5.41) is 14.4. The summed E-state index contributed by atoms with van der Waals surface area (Å²) in [6, 6.07) is 4.57. The Balaban J connectivity index is 1.56. The van der Waals surface area contributed by atoms with Crippen molar-refractivity contribution in [1.29, 1.82) is 0 Å². The molecule has 14 nitrogen and oxygen atoms in total. The molecule has 0 aliphatic carbocycles. The van der Waals surface area contributed by atoms with Crippen molar-refractivity contribution in [3.05, 3.63) is 42.2 Å². The Kier molecular flexibility index (Phi) is 13.7. The van der Waals surface area contributed by atoms with E-state index in [4.69, 9.17) is 23.7 Å². The molecule has 4 heterocycles. The van der Waals surface area contributed by atoms with E-state index in [1.54, 1.807) is 47.0 Å². The van der Waals surface area contributed by atoms with E-state index in [1.165, 1.54) is 6.92 Å². The van der Waals surface area contributed by atoms with Crippen LogP contribution in [-0.4, -0.2) is 118 Å². The number of benzene rings is 1. The number of aliphatic hydroxyl groups is 1. The number of Topliss-reactive ketones (excluding diaryl/α,β-unsaturated/α-hetero) is 2. The number of fused-ring (bicyclic) bond motifs is 2. The Morgan fingerprint density at radius 1 is 1.00 bits per heavy atom. The first-order chi connectivity index (χ1) is 26.4. The second kappa shape index (κ2) is 17.8. The smallest absolute Gasteiger partial charge is 0.408 e. The van der Waals surface area contributed by atoms with Gasteiger partial charge in [-0.3, -0.25) is 24.4 Å². The van der Waals surface area contributed by atoms with Crippen LogP contribution in [0.1, 0.15) is 86.6 Å². The number of ketones is 2. The number of amides is 1. The number of carbonyl (C=O) groups excluding carboxylic acids is 4. The van der Waals surface area contributed by atoms with Crippen LogP contribution in [0.25, 0.3) is 17.1 Å². The summed E-state index contributed by atoms with van der Waals surface area (Å²) in [7, 11) is 3.74. The van der Waals surface area contributed by atoms with E-state index in [1.807, 2.05) is 63.2 Å². The van der Waals surface area contributed by atoms with Crippen LogP contribution in [0, 0.1) is 23.7 Å². The molecule has 5 rings (SSSR count). The van der Waals surface area contributed by atoms with E-state index >= 15 is 0 Å². The lowest BCUT2D eigenvalue weighted by atomic mass is 9.73. The van der Waals surface area contributed by atoms with Crippen molar-refractivity contribution in [3.8, 4) is 0 Å². The fourth-order valence-corrected chi connectivity index (χ4v) is 8.75. The number of cyclic esters (lactones) is 1. The van der Waals surface area contributed by atoms with E-state index in [0.717, 1.165) is 16.6 Å². The van der Waals surface area contributed by atoms with E-state index < -0.39 is 83.4 Å². The molecule has 14 heteroatoms. The molecular weight excluding hydrogens is 720 g/mol. The molecule has 0 bridgehead atoms. The topological polar surface area (TPSA) is 176 Å². The van der Waals surface area contributed by atoms with Gasteiger partial charge in [-0.05, 0) is 78.7 Å². The average Bonchev–Trinajstić information content (AvgIpc) is 3.48. The highest BCUT2D eigenvalue weighted by Gasteiger charge is 2.57. The number of nitrogens with one attached hydrogen (secondary N) is 1. The molecule has 0 unspecified atom stereocenters. The maximum absolute atomic E-state index is 14.5. The third kappa shape index (κ3) is 9.15. The number of rotatable bonds is 9. The Morgan fingerprint density at radius 2 is 1.70 bits per heavy atom. The first-order valence-electron chi connectivity index (χ1n) is 19.8. The molecule has 0 radical (unpaired) electrons. The van der Waals surface area contributed by atoms with Crippen molar-refractivity contribution in [1.82, 2.24) is 20.2 Å². The number of hydrogen-bond donors (Lipinski definition) is 2. The molecule has 3 saturated heterocycles. The highest BCUT2D eigenvalue weighted by Crippen LogP contribution is 2.40. The van der Waals surface area contributed by atoms with E-state index in [9.17, 15) is 24.3 Å². The number of nitrogens with zero attached hydrogens (tertiary/aromatic N) is 3. The van der Waals surface area contributed by atoms with Crippen LogP contribution in [0.2, 0.25) is 0 Å². The van der Waals surface area contributed by atoms with Crippen LogP contribution in [0.15, 0.2) is 36.7 Å². The molecule has 3 aliphatic rings. The fourth-order valence-electron chi connectivity index (χ4n) is 8.75. The summed E-state index contributed by atoms with van der Waals surface area (Å²) < 4.78 is 31.5. The standard InChI is InChI=1S/C42H60N4O10/c1-11-13-32-42(8)36(45-40(51)56-42)25(4)33(47)23(2)22-41(7,52-19-12-14-28-15-16-29-30(21-28)44-18-17-43-29)37(26(5)34(48)27(6)38(50)54-32)55-39-35(49)31(46(9)10)20-24(3)53-39/h12,14-18,21,23-27,31-32,35-37,39,49H,11,13,19-20,22H2,1-10H3,(H,45,51)/b14-12+/t23-,24-,25+,26+,27-,31+,32-,35-,36-,37-,39+,41-,42-/m1/s1. The SMILES string of the molecule is CCC[C@H]1OC(=O)[C@H](C)C(=O)[C@H](C)[C@@H](O[C@@H]2O[C@H](C)C[C@H](N(C)C)[C@H]2O)[C@](C)(OC/C=C/c2ccc3nccnc3c2)C[C@@H](C)C(=O)[C@H](C)[C@H]2NC(=O)O[C@@]21C. The van der Waals surface area contributed by atoms with Gasteiger partial charge < -0.3 is 39.0 Å². The number of ether oxygens (including phenoxy) is 5. The van der Waals surface area contributed by atoms with Gasteiger partial charge in [0, 0.05) is 36.2 Å². The first kappa shape index (κ1) is 43.3.